The van der Waals surface area contributed by atoms with Gasteiger partial charge in [0.15, 0.2) is 0 Å². The fourth-order valence-electron chi connectivity index (χ4n) is 6.98. The summed E-state index contributed by atoms with van der Waals surface area (Å²) in [4.78, 5) is 28.6. The Balaban J connectivity index is 1.26. The summed E-state index contributed by atoms with van der Waals surface area (Å²) in [5.74, 6) is 0.00591. The standard InChI is InChI=1S/C30H40F3N5O2/c1-6-40-25-16-22-15-23(30(31,32)33)7-8-24(22)27(25)38-14-13-37(17-19(38)2)29(5)9-11-36(12-10-29)28(39)26-20(3)34-18-35-21(26)4/h7-8,15,18-19,25,27H,6,9-14,16-17H2,1-5H3/t19?,25-,27-/m1/s1. The molecule has 1 aliphatic carbocycles. The molecule has 10 heteroatoms. The molecule has 2 aromatic rings. The Labute approximate surface area is 234 Å². The molecule has 2 saturated heterocycles. The number of benzene rings is 1. The van der Waals surface area contributed by atoms with E-state index in [9.17, 15) is 18.0 Å². The van der Waals surface area contributed by atoms with E-state index < -0.39 is 11.7 Å². The van der Waals surface area contributed by atoms with Gasteiger partial charge < -0.3 is 9.64 Å². The number of hydrogen-bond acceptors (Lipinski definition) is 6. The molecule has 0 bridgehead atoms. The number of hydrogen-bond donors (Lipinski definition) is 0. The quantitative estimate of drug-likeness (QED) is 0.524. The van der Waals surface area contributed by atoms with Gasteiger partial charge in [0, 0.05) is 57.3 Å². The van der Waals surface area contributed by atoms with Crippen molar-refractivity contribution in [1.29, 1.82) is 0 Å². The fourth-order valence-corrected chi connectivity index (χ4v) is 6.98. The molecule has 0 N–H and O–H groups in total. The van der Waals surface area contributed by atoms with E-state index in [-0.39, 0.29) is 29.6 Å². The number of aryl methyl sites for hydroxylation is 2. The smallest absolute Gasteiger partial charge is 0.376 e. The molecule has 3 atom stereocenters. The maximum absolute atomic E-state index is 13.4. The number of nitrogens with zero attached hydrogens (tertiary/aromatic N) is 5. The number of halogens is 3. The second kappa shape index (κ2) is 11.0. The summed E-state index contributed by atoms with van der Waals surface area (Å²) in [5.41, 5.74) is 3.11. The van der Waals surface area contributed by atoms with Crippen LogP contribution in [0.15, 0.2) is 24.5 Å². The van der Waals surface area contributed by atoms with E-state index in [0.29, 0.717) is 43.1 Å². The van der Waals surface area contributed by atoms with Crippen LogP contribution in [-0.4, -0.2) is 87.6 Å². The van der Waals surface area contributed by atoms with Crippen LogP contribution in [-0.2, 0) is 17.3 Å². The van der Waals surface area contributed by atoms with Crippen molar-refractivity contribution in [3.63, 3.8) is 0 Å². The molecule has 1 amide bonds. The Bertz CT molecular complexity index is 1220. The summed E-state index contributed by atoms with van der Waals surface area (Å²) in [5, 5.41) is 0. The molecule has 3 heterocycles. The second-order valence-corrected chi connectivity index (χ2v) is 11.8. The third-order valence-electron chi connectivity index (χ3n) is 9.31. The highest BCUT2D eigenvalue weighted by Gasteiger charge is 2.45. The van der Waals surface area contributed by atoms with Crippen molar-refractivity contribution in [3.05, 3.63) is 58.2 Å². The first-order chi connectivity index (χ1) is 18.9. The van der Waals surface area contributed by atoms with E-state index in [4.69, 9.17) is 4.74 Å². The number of carbonyl (C=O) groups excluding carboxylic acids is 1. The number of carbonyl (C=O) groups is 1. The third kappa shape index (κ3) is 5.37. The number of fused-ring (bicyclic) bond motifs is 1. The molecular formula is C30H40F3N5O2. The Kier molecular flexibility index (Phi) is 7.98. The molecule has 5 rings (SSSR count). The molecule has 0 spiro atoms. The van der Waals surface area contributed by atoms with Crippen LogP contribution in [0.4, 0.5) is 13.2 Å². The Morgan fingerprint density at radius 2 is 1.77 bits per heavy atom. The van der Waals surface area contributed by atoms with E-state index in [1.165, 1.54) is 18.5 Å². The predicted octanol–water partition coefficient (Wildman–Crippen LogP) is 4.82. The molecule has 7 nitrogen and oxygen atoms in total. The van der Waals surface area contributed by atoms with Gasteiger partial charge in [-0.15, -0.1) is 0 Å². The van der Waals surface area contributed by atoms with E-state index in [0.717, 1.165) is 43.6 Å². The lowest BCUT2D eigenvalue weighted by Crippen LogP contribution is -2.62. The van der Waals surface area contributed by atoms with Gasteiger partial charge >= 0.3 is 6.18 Å². The average Bonchev–Trinajstić information content (AvgIpc) is 3.25. The van der Waals surface area contributed by atoms with Crippen LogP contribution >= 0.6 is 0 Å². The SMILES string of the molecule is CCO[C@@H]1Cc2cc(C(F)(F)F)ccc2[C@H]1N1CCN(C2(C)CCN(C(=O)c3c(C)ncnc3C)CC2)CC1C. The van der Waals surface area contributed by atoms with Crippen LogP contribution in [0.1, 0.15) is 78.1 Å². The van der Waals surface area contributed by atoms with Gasteiger partial charge in [0.2, 0.25) is 0 Å². The summed E-state index contributed by atoms with van der Waals surface area (Å²) in [6, 6.07) is 4.33. The molecule has 2 fully saturated rings. The second-order valence-electron chi connectivity index (χ2n) is 11.8. The molecule has 0 saturated carbocycles. The van der Waals surface area contributed by atoms with Gasteiger partial charge in [0.1, 0.15) is 6.33 Å². The number of rotatable bonds is 5. The van der Waals surface area contributed by atoms with Crippen molar-refractivity contribution in [3.8, 4) is 0 Å². The first kappa shape index (κ1) is 29.0. The van der Waals surface area contributed by atoms with Gasteiger partial charge in [-0.3, -0.25) is 14.6 Å². The fraction of sp³-hybridized carbons (Fsp3) is 0.633. The summed E-state index contributed by atoms with van der Waals surface area (Å²) in [7, 11) is 0. The number of likely N-dealkylation sites (tertiary alicyclic amines) is 1. The van der Waals surface area contributed by atoms with Crippen LogP contribution in [0, 0.1) is 13.8 Å². The molecule has 1 unspecified atom stereocenters. The molecule has 2 aliphatic heterocycles. The van der Waals surface area contributed by atoms with Crippen molar-refractivity contribution in [1.82, 2.24) is 24.7 Å². The summed E-state index contributed by atoms with van der Waals surface area (Å²) < 4.78 is 46.3. The van der Waals surface area contributed by atoms with E-state index in [1.807, 2.05) is 25.7 Å². The van der Waals surface area contributed by atoms with Crippen molar-refractivity contribution < 1.29 is 22.7 Å². The normalized spacial score (nSPS) is 25.7. The number of amides is 1. The Hall–Kier alpha value is -2.56. The van der Waals surface area contributed by atoms with E-state index >= 15 is 0 Å². The van der Waals surface area contributed by atoms with Crippen molar-refractivity contribution in [2.24, 2.45) is 0 Å². The maximum Gasteiger partial charge on any atom is 0.416 e. The van der Waals surface area contributed by atoms with Crippen LogP contribution in [0.3, 0.4) is 0 Å². The lowest BCUT2D eigenvalue weighted by Gasteiger charge is -2.53. The third-order valence-corrected chi connectivity index (χ3v) is 9.31. The summed E-state index contributed by atoms with van der Waals surface area (Å²) >= 11 is 0. The first-order valence-corrected chi connectivity index (χ1v) is 14.3. The average molecular weight is 560 g/mol. The van der Waals surface area contributed by atoms with Gasteiger partial charge in [-0.25, -0.2) is 9.97 Å². The highest BCUT2D eigenvalue weighted by Crippen LogP contribution is 2.43. The highest BCUT2D eigenvalue weighted by atomic mass is 19.4. The van der Waals surface area contributed by atoms with E-state index in [1.54, 1.807) is 6.07 Å². The van der Waals surface area contributed by atoms with Crippen LogP contribution in [0.25, 0.3) is 0 Å². The minimum atomic E-state index is -4.35. The minimum Gasteiger partial charge on any atom is -0.376 e. The zero-order valence-electron chi connectivity index (χ0n) is 24.1. The van der Waals surface area contributed by atoms with Gasteiger partial charge in [-0.2, -0.15) is 13.2 Å². The number of aromatic nitrogens is 2. The van der Waals surface area contributed by atoms with Crippen LogP contribution in [0.5, 0.6) is 0 Å². The monoisotopic (exact) mass is 559 g/mol. The molecule has 0 radical (unpaired) electrons. The van der Waals surface area contributed by atoms with Gasteiger partial charge in [0.25, 0.3) is 5.91 Å². The molecule has 40 heavy (non-hydrogen) atoms. The topological polar surface area (TPSA) is 61.8 Å². The lowest BCUT2D eigenvalue weighted by molar-refractivity contribution is -0.137. The Morgan fingerprint density at radius 1 is 1.10 bits per heavy atom. The molecule has 1 aromatic heterocycles. The van der Waals surface area contributed by atoms with Gasteiger partial charge in [-0.05, 0) is 70.7 Å². The largest absolute Gasteiger partial charge is 0.416 e. The molecule has 3 aliphatic rings. The number of alkyl halides is 3. The van der Waals surface area contributed by atoms with Crippen molar-refractivity contribution in [2.75, 3.05) is 39.3 Å². The molecule has 218 valence electrons. The predicted molar refractivity (Wildman–Crippen MR) is 146 cm³/mol. The highest BCUT2D eigenvalue weighted by molar-refractivity contribution is 5.96. The number of piperazine rings is 1. The van der Waals surface area contributed by atoms with Crippen molar-refractivity contribution in [2.45, 2.75) is 83.8 Å². The molecule has 1 aromatic carbocycles. The molecular weight excluding hydrogens is 519 g/mol. The van der Waals surface area contributed by atoms with E-state index in [2.05, 4.69) is 33.6 Å². The van der Waals surface area contributed by atoms with Gasteiger partial charge in [-0.1, -0.05) is 6.07 Å². The zero-order chi connectivity index (χ0) is 28.8. The zero-order valence-corrected chi connectivity index (χ0v) is 24.1. The van der Waals surface area contributed by atoms with Crippen LogP contribution < -0.4 is 0 Å². The van der Waals surface area contributed by atoms with Crippen LogP contribution in [0.2, 0.25) is 0 Å². The minimum absolute atomic E-state index is 0.00591. The maximum atomic E-state index is 13.4. The number of piperidine rings is 1. The first-order valence-electron chi connectivity index (χ1n) is 14.3. The lowest BCUT2D eigenvalue weighted by atomic mass is 9.86. The van der Waals surface area contributed by atoms with Crippen molar-refractivity contribution >= 4 is 5.91 Å². The van der Waals surface area contributed by atoms with Gasteiger partial charge in [0.05, 0.1) is 34.7 Å². The Morgan fingerprint density at radius 3 is 2.38 bits per heavy atom. The summed E-state index contributed by atoms with van der Waals surface area (Å²) in [6.45, 7) is 14.6. The number of ether oxygens (including phenoxy) is 1. The summed E-state index contributed by atoms with van der Waals surface area (Å²) in [6.07, 6.45) is -0.754.